The maximum absolute atomic E-state index is 11.4. The molecule has 0 aromatic heterocycles. The molecule has 1 aliphatic heterocycles. The lowest BCUT2D eigenvalue weighted by atomic mass is 9.97. The molecule has 1 heterocycles. The highest BCUT2D eigenvalue weighted by Crippen LogP contribution is 2.31. The molecule has 6 nitrogen and oxygen atoms in total. The lowest BCUT2D eigenvalue weighted by Gasteiger charge is -2.22. The maximum atomic E-state index is 11.4. The molecule has 0 radical (unpaired) electrons. The van der Waals surface area contributed by atoms with Gasteiger partial charge in [-0.2, -0.15) is 0 Å². The summed E-state index contributed by atoms with van der Waals surface area (Å²) in [5.74, 6) is 0.486. The van der Waals surface area contributed by atoms with Crippen LogP contribution in [-0.4, -0.2) is 36.6 Å². The number of benzene rings is 2. The second-order valence-corrected chi connectivity index (χ2v) is 6.71. The molecule has 144 valence electrons. The molecular weight excluding hydrogens is 346 g/mol. The van der Waals surface area contributed by atoms with Crippen LogP contribution < -0.4 is 14.8 Å². The summed E-state index contributed by atoms with van der Waals surface area (Å²) < 4.78 is 17.6. The molecular formula is C21H25NO5. The molecule has 0 spiro atoms. The summed E-state index contributed by atoms with van der Waals surface area (Å²) in [6, 6.07) is 16.6. The molecule has 6 heteroatoms. The summed E-state index contributed by atoms with van der Waals surface area (Å²) in [5.41, 5.74) is 1.09. The highest BCUT2D eigenvalue weighted by molar-refractivity contribution is 5.74. The third-order valence-corrected chi connectivity index (χ3v) is 4.66. The van der Waals surface area contributed by atoms with Gasteiger partial charge in [0, 0.05) is 12.5 Å². The van der Waals surface area contributed by atoms with Crippen LogP contribution in [0.3, 0.4) is 0 Å². The van der Waals surface area contributed by atoms with E-state index in [2.05, 4.69) is 5.32 Å². The zero-order valence-electron chi connectivity index (χ0n) is 15.5. The third kappa shape index (κ3) is 4.99. The first-order valence-electron chi connectivity index (χ1n) is 9.06. The first kappa shape index (κ1) is 19.2. The van der Waals surface area contributed by atoms with Gasteiger partial charge in [-0.05, 0) is 30.7 Å². The molecule has 1 aliphatic rings. The zero-order chi connectivity index (χ0) is 19.2. The predicted octanol–water partition coefficient (Wildman–Crippen LogP) is 3.07. The predicted molar refractivity (Wildman–Crippen MR) is 101 cm³/mol. The Kier molecular flexibility index (Phi) is 6.32. The van der Waals surface area contributed by atoms with Crippen molar-refractivity contribution in [2.45, 2.75) is 38.4 Å². The quantitative estimate of drug-likeness (QED) is 0.743. The van der Waals surface area contributed by atoms with Crippen molar-refractivity contribution in [2.24, 2.45) is 5.92 Å². The van der Waals surface area contributed by atoms with Crippen LogP contribution in [0.2, 0.25) is 0 Å². The van der Waals surface area contributed by atoms with Crippen LogP contribution in [0.1, 0.15) is 18.9 Å². The number of ether oxygens (including phenoxy) is 3. The van der Waals surface area contributed by atoms with E-state index < -0.39 is 24.4 Å². The fourth-order valence-electron chi connectivity index (χ4n) is 3.24. The first-order valence-corrected chi connectivity index (χ1v) is 9.06. The van der Waals surface area contributed by atoms with E-state index in [1.807, 2.05) is 61.5 Å². The Morgan fingerprint density at radius 2 is 1.96 bits per heavy atom. The molecule has 2 unspecified atom stereocenters. The molecule has 1 saturated heterocycles. The Labute approximate surface area is 159 Å². The van der Waals surface area contributed by atoms with Crippen molar-refractivity contribution in [1.82, 2.24) is 5.32 Å². The minimum absolute atomic E-state index is 0.0704. The maximum Gasteiger partial charge on any atom is 0.323 e. The Bertz CT molecular complexity index is 751. The molecule has 27 heavy (non-hydrogen) atoms. The standard InChI is InChI=1S/C21H25NO5/c1-14-11-18(27-20(14)19(22-2)21(23)24)26-17-10-6-9-16(12-17)25-13-15-7-4-3-5-8-15/h3-10,12,14,18-20,22H,11,13H2,1-2H3,(H,23,24)/t14-,18?,19?,20-/m1/s1. The van der Waals surface area contributed by atoms with E-state index in [-0.39, 0.29) is 5.92 Å². The number of nitrogens with one attached hydrogen (secondary N) is 1. The van der Waals surface area contributed by atoms with E-state index >= 15 is 0 Å². The lowest BCUT2D eigenvalue weighted by molar-refractivity contribution is -0.147. The fraction of sp³-hybridized carbons (Fsp3) is 0.381. The molecule has 0 bridgehead atoms. The molecule has 2 aromatic rings. The van der Waals surface area contributed by atoms with Gasteiger partial charge in [-0.15, -0.1) is 0 Å². The van der Waals surface area contributed by atoms with E-state index in [1.165, 1.54) is 0 Å². The van der Waals surface area contributed by atoms with Crippen molar-refractivity contribution in [3.05, 3.63) is 60.2 Å². The Morgan fingerprint density at radius 3 is 2.67 bits per heavy atom. The topological polar surface area (TPSA) is 77.0 Å². The molecule has 1 fully saturated rings. The lowest BCUT2D eigenvalue weighted by Crippen LogP contribution is -2.46. The van der Waals surface area contributed by atoms with E-state index in [9.17, 15) is 9.90 Å². The average Bonchev–Trinajstić information content (AvgIpc) is 3.01. The minimum Gasteiger partial charge on any atom is -0.489 e. The summed E-state index contributed by atoms with van der Waals surface area (Å²) in [4.78, 5) is 11.4. The fourth-order valence-corrected chi connectivity index (χ4v) is 3.24. The van der Waals surface area contributed by atoms with Crippen LogP contribution in [0, 0.1) is 5.92 Å². The average molecular weight is 371 g/mol. The van der Waals surface area contributed by atoms with Gasteiger partial charge in [0.15, 0.2) is 0 Å². The van der Waals surface area contributed by atoms with E-state index in [0.29, 0.717) is 24.5 Å². The highest BCUT2D eigenvalue weighted by atomic mass is 16.7. The van der Waals surface area contributed by atoms with Crippen LogP contribution in [0.5, 0.6) is 11.5 Å². The zero-order valence-corrected chi connectivity index (χ0v) is 15.5. The smallest absolute Gasteiger partial charge is 0.323 e. The molecule has 2 aromatic carbocycles. The number of hydrogen-bond donors (Lipinski definition) is 2. The molecule has 0 aliphatic carbocycles. The van der Waals surface area contributed by atoms with Crippen molar-refractivity contribution < 1.29 is 24.1 Å². The van der Waals surface area contributed by atoms with Gasteiger partial charge in [0.2, 0.25) is 6.29 Å². The Balaban J connectivity index is 1.59. The molecule has 2 N–H and O–H groups in total. The first-order chi connectivity index (χ1) is 13.1. The van der Waals surface area contributed by atoms with Crippen LogP contribution in [-0.2, 0) is 16.1 Å². The van der Waals surface area contributed by atoms with Crippen molar-refractivity contribution in [3.8, 4) is 11.5 Å². The Morgan fingerprint density at radius 1 is 1.22 bits per heavy atom. The second kappa shape index (κ2) is 8.88. The van der Waals surface area contributed by atoms with Crippen molar-refractivity contribution in [1.29, 1.82) is 0 Å². The highest BCUT2D eigenvalue weighted by Gasteiger charge is 2.41. The van der Waals surface area contributed by atoms with E-state index in [0.717, 1.165) is 5.56 Å². The summed E-state index contributed by atoms with van der Waals surface area (Å²) >= 11 is 0. The molecule has 4 atom stereocenters. The largest absolute Gasteiger partial charge is 0.489 e. The van der Waals surface area contributed by atoms with Crippen molar-refractivity contribution in [3.63, 3.8) is 0 Å². The number of hydrogen-bond acceptors (Lipinski definition) is 5. The van der Waals surface area contributed by atoms with Gasteiger partial charge in [0.1, 0.15) is 24.1 Å². The number of carboxylic acids is 1. The van der Waals surface area contributed by atoms with Crippen LogP contribution in [0.15, 0.2) is 54.6 Å². The molecule has 0 saturated carbocycles. The normalized spacial score (nSPS) is 23.0. The number of rotatable bonds is 8. The monoisotopic (exact) mass is 371 g/mol. The summed E-state index contributed by atoms with van der Waals surface area (Å²) in [7, 11) is 1.62. The SMILES string of the molecule is CNC(C(=O)O)[C@@H]1OC(Oc2cccc(OCc3ccccc3)c2)C[C@H]1C. The minimum atomic E-state index is -0.925. The van der Waals surface area contributed by atoms with Gasteiger partial charge >= 0.3 is 5.97 Å². The third-order valence-electron chi connectivity index (χ3n) is 4.66. The van der Waals surface area contributed by atoms with Crippen LogP contribution in [0.25, 0.3) is 0 Å². The second-order valence-electron chi connectivity index (χ2n) is 6.71. The van der Waals surface area contributed by atoms with Gasteiger partial charge in [-0.3, -0.25) is 4.79 Å². The summed E-state index contributed by atoms with van der Waals surface area (Å²) in [6.45, 7) is 2.45. The molecule has 3 rings (SSSR count). The summed E-state index contributed by atoms with van der Waals surface area (Å²) in [6.07, 6.45) is -0.287. The Hall–Kier alpha value is -2.57. The van der Waals surface area contributed by atoms with Crippen LogP contribution >= 0.6 is 0 Å². The summed E-state index contributed by atoms with van der Waals surface area (Å²) in [5, 5.41) is 12.1. The number of aliphatic carboxylic acids is 1. The van der Waals surface area contributed by atoms with E-state index in [4.69, 9.17) is 14.2 Å². The van der Waals surface area contributed by atoms with E-state index in [1.54, 1.807) is 7.05 Å². The van der Waals surface area contributed by atoms with Crippen molar-refractivity contribution in [2.75, 3.05) is 7.05 Å². The van der Waals surface area contributed by atoms with Gasteiger partial charge in [-0.25, -0.2) is 0 Å². The number of likely N-dealkylation sites (N-methyl/N-ethyl adjacent to an activating group) is 1. The number of carbonyl (C=O) groups is 1. The van der Waals surface area contributed by atoms with Gasteiger partial charge < -0.3 is 24.6 Å². The van der Waals surface area contributed by atoms with Gasteiger partial charge in [0.25, 0.3) is 0 Å². The van der Waals surface area contributed by atoms with Gasteiger partial charge in [-0.1, -0.05) is 43.3 Å². The molecule has 0 amide bonds. The van der Waals surface area contributed by atoms with Crippen LogP contribution in [0.4, 0.5) is 0 Å². The number of carboxylic acid groups (broad SMARTS) is 1. The van der Waals surface area contributed by atoms with Crippen molar-refractivity contribution >= 4 is 5.97 Å². The van der Waals surface area contributed by atoms with Gasteiger partial charge in [0.05, 0.1) is 6.10 Å².